The molecule has 5 rings (SSSR count). The topological polar surface area (TPSA) is 69.2 Å². The first kappa shape index (κ1) is 16.0. The highest BCUT2D eigenvalue weighted by Crippen LogP contribution is 2.34. The summed E-state index contributed by atoms with van der Waals surface area (Å²) in [5.74, 6) is 3.01. The van der Waals surface area contributed by atoms with Crippen LogP contribution < -0.4 is 14.8 Å². The third-order valence-electron chi connectivity index (χ3n) is 4.41. The highest BCUT2D eigenvalue weighted by molar-refractivity contribution is 7.17. The van der Waals surface area contributed by atoms with Gasteiger partial charge in [0.05, 0.1) is 5.39 Å². The second-order valence-corrected chi connectivity index (χ2v) is 7.11. The predicted octanol–water partition coefficient (Wildman–Crippen LogP) is 4.40. The maximum absolute atomic E-state index is 5.46. The SMILES string of the molecule is Cc1csc2nc(-c3ccccn3)nc(NCc3ccc4c(c3)OCO4)c12. The lowest BCUT2D eigenvalue weighted by atomic mass is 10.2. The minimum atomic E-state index is 0.278. The molecule has 0 fully saturated rings. The standard InChI is InChI=1S/C20H16N4O2S/c1-12-10-27-20-17(12)19(23-18(24-20)14-4-2-3-7-21-14)22-9-13-5-6-15-16(8-13)26-11-25-15/h2-8,10H,9,11H2,1H3,(H,22,23,24). The summed E-state index contributed by atoms with van der Waals surface area (Å²) >= 11 is 1.62. The largest absolute Gasteiger partial charge is 0.454 e. The third-order valence-corrected chi connectivity index (χ3v) is 5.40. The van der Waals surface area contributed by atoms with Gasteiger partial charge in [-0.1, -0.05) is 12.1 Å². The van der Waals surface area contributed by atoms with Crippen LogP contribution in [0.3, 0.4) is 0 Å². The van der Waals surface area contributed by atoms with Crippen molar-refractivity contribution in [3.63, 3.8) is 0 Å². The molecule has 6 nitrogen and oxygen atoms in total. The number of nitrogens with zero attached hydrogens (tertiary/aromatic N) is 3. The number of anilines is 1. The molecule has 1 aliphatic heterocycles. The Morgan fingerprint density at radius 2 is 2.04 bits per heavy atom. The number of thiophene rings is 1. The van der Waals surface area contributed by atoms with Crippen LogP contribution in [0.15, 0.2) is 48.0 Å². The molecule has 0 saturated carbocycles. The Morgan fingerprint density at radius 1 is 1.11 bits per heavy atom. The lowest BCUT2D eigenvalue weighted by Crippen LogP contribution is -2.04. The van der Waals surface area contributed by atoms with Gasteiger partial charge in [0.25, 0.3) is 0 Å². The van der Waals surface area contributed by atoms with E-state index in [0.717, 1.165) is 44.4 Å². The summed E-state index contributed by atoms with van der Waals surface area (Å²) in [7, 11) is 0. The van der Waals surface area contributed by atoms with E-state index in [9.17, 15) is 0 Å². The second kappa shape index (κ2) is 6.51. The van der Waals surface area contributed by atoms with Crippen LogP contribution >= 0.6 is 11.3 Å². The molecule has 7 heteroatoms. The first-order valence-corrected chi connectivity index (χ1v) is 9.45. The lowest BCUT2D eigenvalue weighted by molar-refractivity contribution is 0.174. The molecule has 27 heavy (non-hydrogen) atoms. The number of benzene rings is 1. The van der Waals surface area contributed by atoms with E-state index >= 15 is 0 Å². The Balaban J connectivity index is 1.50. The fourth-order valence-electron chi connectivity index (χ4n) is 3.06. The van der Waals surface area contributed by atoms with E-state index in [1.165, 1.54) is 0 Å². The summed E-state index contributed by atoms with van der Waals surface area (Å²) in [6, 6.07) is 11.7. The van der Waals surface area contributed by atoms with Crippen molar-refractivity contribution in [1.82, 2.24) is 15.0 Å². The molecule has 0 aliphatic carbocycles. The number of pyridine rings is 1. The first-order chi connectivity index (χ1) is 13.3. The quantitative estimate of drug-likeness (QED) is 0.569. The Morgan fingerprint density at radius 3 is 2.93 bits per heavy atom. The van der Waals surface area contributed by atoms with Crippen molar-refractivity contribution in [2.75, 3.05) is 12.1 Å². The Bertz CT molecular complexity index is 1130. The van der Waals surface area contributed by atoms with Gasteiger partial charge >= 0.3 is 0 Å². The monoisotopic (exact) mass is 376 g/mol. The minimum absolute atomic E-state index is 0.278. The number of rotatable bonds is 4. The number of aromatic nitrogens is 3. The number of hydrogen-bond acceptors (Lipinski definition) is 7. The van der Waals surface area contributed by atoms with Crippen molar-refractivity contribution >= 4 is 27.4 Å². The fourth-order valence-corrected chi connectivity index (χ4v) is 3.98. The average molecular weight is 376 g/mol. The van der Waals surface area contributed by atoms with Crippen LogP contribution in [0, 0.1) is 6.92 Å². The van der Waals surface area contributed by atoms with Crippen molar-refractivity contribution in [3.8, 4) is 23.0 Å². The Hall–Kier alpha value is -3.19. The summed E-state index contributed by atoms with van der Waals surface area (Å²) in [5.41, 5.74) is 3.02. The average Bonchev–Trinajstić information content (AvgIpc) is 3.33. The van der Waals surface area contributed by atoms with Gasteiger partial charge in [-0.3, -0.25) is 4.98 Å². The van der Waals surface area contributed by atoms with E-state index in [1.54, 1.807) is 17.5 Å². The molecule has 0 atom stereocenters. The van der Waals surface area contributed by atoms with Gasteiger partial charge in [0, 0.05) is 12.7 Å². The summed E-state index contributed by atoms with van der Waals surface area (Å²) in [4.78, 5) is 14.8. The van der Waals surface area contributed by atoms with Crippen LogP contribution in [0.4, 0.5) is 5.82 Å². The molecule has 4 heterocycles. The van der Waals surface area contributed by atoms with Gasteiger partial charge in [0.15, 0.2) is 17.3 Å². The third kappa shape index (κ3) is 2.96. The zero-order valence-corrected chi connectivity index (χ0v) is 15.4. The highest BCUT2D eigenvalue weighted by Gasteiger charge is 2.15. The van der Waals surface area contributed by atoms with Crippen LogP contribution in [0.25, 0.3) is 21.7 Å². The summed E-state index contributed by atoms with van der Waals surface area (Å²) in [6.07, 6.45) is 1.75. The van der Waals surface area contributed by atoms with Gasteiger partial charge in [0.2, 0.25) is 6.79 Å². The molecule has 134 valence electrons. The van der Waals surface area contributed by atoms with Gasteiger partial charge in [-0.2, -0.15) is 0 Å². The zero-order chi connectivity index (χ0) is 18.2. The normalized spacial score (nSPS) is 12.5. The number of ether oxygens (including phenoxy) is 2. The van der Waals surface area contributed by atoms with Crippen LogP contribution in [-0.4, -0.2) is 21.7 Å². The first-order valence-electron chi connectivity index (χ1n) is 8.57. The van der Waals surface area contributed by atoms with Gasteiger partial charge in [0.1, 0.15) is 16.3 Å². The fraction of sp³-hybridized carbons (Fsp3) is 0.150. The molecule has 0 radical (unpaired) electrons. The van der Waals surface area contributed by atoms with Crippen LogP contribution in [0.1, 0.15) is 11.1 Å². The number of fused-ring (bicyclic) bond motifs is 2. The van der Waals surface area contributed by atoms with Gasteiger partial charge in [-0.05, 0) is 47.7 Å². The van der Waals surface area contributed by atoms with E-state index in [2.05, 4.69) is 22.6 Å². The molecular formula is C20H16N4O2S. The summed E-state index contributed by atoms with van der Waals surface area (Å²) in [6.45, 7) is 2.98. The van der Waals surface area contributed by atoms with Crippen molar-refractivity contribution in [2.45, 2.75) is 13.5 Å². The molecular weight excluding hydrogens is 360 g/mol. The maximum Gasteiger partial charge on any atom is 0.231 e. The van der Waals surface area contributed by atoms with Crippen LogP contribution in [0.2, 0.25) is 0 Å². The van der Waals surface area contributed by atoms with Crippen LogP contribution in [-0.2, 0) is 6.54 Å². The van der Waals surface area contributed by atoms with Crippen LogP contribution in [0.5, 0.6) is 11.5 Å². The Labute approximate surface area is 159 Å². The van der Waals surface area contributed by atoms with Gasteiger partial charge < -0.3 is 14.8 Å². The van der Waals surface area contributed by atoms with Gasteiger partial charge in [-0.25, -0.2) is 9.97 Å². The maximum atomic E-state index is 5.46. The number of hydrogen-bond donors (Lipinski definition) is 1. The van der Waals surface area contributed by atoms with E-state index < -0.39 is 0 Å². The second-order valence-electron chi connectivity index (χ2n) is 6.25. The summed E-state index contributed by atoms with van der Waals surface area (Å²) in [5, 5.41) is 6.62. The van der Waals surface area contributed by atoms with Crippen molar-refractivity contribution in [1.29, 1.82) is 0 Å². The summed E-state index contributed by atoms with van der Waals surface area (Å²) < 4.78 is 10.8. The molecule has 0 saturated heterocycles. The molecule has 1 N–H and O–H groups in total. The predicted molar refractivity (Wildman–Crippen MR) is 105 cm³/mol. The molecule has 1 aromatic carbocycles. The van der Waals surface area contributed by atoms with E-state index in [0.29, 0.717) is 12.4 Å². The lowest BCUT2D eigenvalue weighted by Gasteiger charge is -2.10. The van der Waals surface area contributed by atoms with E-state index in [-0.39, 0.29) is 6.79 Å². The number of nitrogens with one attached hydrogen (secondary N) is 1. The van der Waals surface area contributed by atoms with E-state index in [4.69, 9.17) is 19.4 Å². The minimum Gasteiger partial charge on any atom is -0.454 e. The van der Waals surface area contributed by atoms with Crippen molar-refractivity contribution in [3.05, 3.63) is 59.1 Å². The highest BCUT2D eigenvalue weighted by atomic mass is 32.1. The smallest absolute Gasteiger partial charge is 0.231 e. The Kier molecular flexibility index (Phi) is 3.86. The number of aryl methyl sites for hydroxylation is 1. The zero-order valence-electron chi connectivity index (χ0n) is 14.6. The molecule has 4 aromatic rings. The molecule has 0 unspecified atom stereocenters. The molecule has 1 aliphatic rings. The molecule has 0 amide bonds. The molecule has 0 bridgehead atoms. The molecule has 0 spiro atoms. The molecule has 3 aromatic heterocycles. The van der Waals surface area contributed by atoms with Crippen molar-refractivity contribution in [2.24, 2.45) is 0 Å². The van der Waals surface area contributed by atoms with E-state index in [1.807, 2.05) is 36.4 Å². The van der Waals surface area contributed by atoms with Crippen molar-refractivity contribution < 1.29 is 9.47 Å². The van der Waals surface area contributed by atoms with Gasteiger partial charge in [-0.15, -0.1) is 11.3 Å².